The number of ether oxygens (including phenoxy) is 1. The summed E-state index contributed by atoms with van der Waals surface area (Å²) in [5, 5.41) is 23.5. The molecule has 0 aromatic carbocycles. The number of nitrogens with one attached hydrogen (secondary N) is 1. The molecule has 6 atom stereocenters. The second-order valence-corrected chi connectivity index (χ2v) is 9.51. The molecule has 0 bridgehead atoms. The number of aliphatic hydroxyl groups excluding tert-OH is 2. The van der Waals surface area contributed by atoms with Crippen molar-refractivity contribution in [1.82, 2.24) is 5.32 Å². The highest BCUT2D eigenvalue weighted by molar-refractivity contribution is 5.89. The summed E-state index contributed by atoms with van der Waals surface area (Å²) in [5.41, 5.74) is -1.25. The first kappa shape index (κ1) is 25.7. The standard InChI is InChI=1S/C22H39NO6/c1-13(9-8-10-22(7)16(4)29-22)19(27)15(3)20(28)21(5,6)17(25)11-18(26)23-12-14(2)24/h13,15-17,19,25,27H,8-12H2,1-7H3,(H,23,26). The van der Waals surface area contributed by atoms with Gasteiger partial charge < -0.3 is 20.3 Å². The van der Waals surface area contributed by atoms with Crippen molar-refractivity contribution in [3.05, 3.63) is 0 Å². The van der Waals surface area contributed by atoms with Crippen LogP contribution in [0.5, 0.6) is 0 Å². The smallest absolute Gasteiger partial charge is 0.223 e. The number of Topliss-reactive ketones (excluding diaryl/α,β-unsaturated/α-hetero) is 2. The molecule has 3 N–H and O–H groups in total. The van der Waals surface area contributed by atoms with Crippen molar-refractivity contribution >= 4 is 17.5 Å². The van der Waals surface area contributed by atoms with Gasteiger partial charge in [-0.3, -0.25) is 14.4 Å². The van der Waals surface area contributed by atoms with Gasteiger partial charge in [-0.15, -0.1) is 0 Å². The van der Waals surface area contributed by atoms with E-state index in [0.717, 1.165) is 19.3 Å². The number of epoxide rings is 1. The van der Waals surface area contributed by atoms with Crippen LogP contribution in [0.4, 0.5) is 0 Å². The summed E-state index contributed by atoms with van der Waals surface area (Å²) >= 11 is 0. The number of hydrogen-bond acceptors (Lipinski definition) is 6. The number of rotatable bonds is 13. The van der Waals surface area contributed by atoms with Crippen molar-refractivity contribution in [3.63, 3.8) is 0 Å². The summed E-state index contributed by atoms with van der Waals surface area (Å²) < 4.78 is 5.57. The lowest BCUT2D eigenvalue weighted by atomic mass is 9.73. The summed E-state index contributed by atoms with van der Waals surface area (Å²) in [7, 11) is 0. The summed E-state index contributed by atoms with van der Waals surface area (Å²) in [6, 6.07) is 0. The molecule has 168 valence electrons. The average Bonchev–Trinajstić information content (AvgIpc) is 3.23. The van der Waals surface area contributed by atoms with Gasteiger partial charge >= 0.3 is 0 Å². The van der Waals surface area contributed by atoms with Crippen LogP contribution in [0.1, 0.15) is 74.1 Å². The summed E-state index contributed by atoms with van der Waals surface area (Å²) in [6.45, 7) is 12.1. The Balaban J connectivity index is 2.56. The summed E-state index contributed by atoms with van der Waals surface area (Å²) in [4.78, 5) is 35.8. The Labute approximate surface area is 174 Å². The molecule has 0 saturated carbocycles. The van der Waals surface area contributed by atoms with E-state index in [1.165, 1.54) is 6.92 Å². The normalized spacial score (nSPS) is 25.6. The van der Waals surface area contributed by atoms with Crippen molar-refractivity contribution in [2.24, 2.45) is 17.3 Å². The van der Waals surface area contributed by atoms with E-state index in [1.807, 2.05) is 13.8 Å². The van der Waals surface area contributed by atoms with Crippen LogP contribution in [0.25, 0.3) is 0 Å². The van der Waals surface area contributed by atoms with Crippen LogP contribution in [-0.2, 0) is 19.1 Å². The van der Waals surface area contributed by atoms with Crippen molar-refractivity contribution in [1.29, 1.82) is 0 Å². The molecular weight excluding hydrogens is 374 g/mol. The third-order valence-electron chi connectivity index (χ3n) is 6.47. The molecule has 0 aromatic rings. The number of carbonyl (C=O) groups is 3. The molecule has 1 aliphatic heterocycles. The van der Waals surface area contributed by atoms with E-state index in [1.54, 1.807) is 20.8 Å². The molecule has 0 radical (unpaired) electrons. The first-order valence-corrected chi connectivity index (χ1v) is 10.6. The minimum atomic E-state index is -1.21. The Morgan fingerprint density at radius 3 is 2.24 bits per heavy atom. The minimum Gasteiger partial charge on any atom is -0.392 e. The van der Waals surface area contributed by atoms with Crippen LogP contribution in [0.3, 0.4) is 0 Å². The molecule has 7 heteroatoms. The van der Waals surface area contributed by atoms with Gasteiger partial charge in [-0.05, 0) is 39.5 Å². The largest absolute Gasteiger partial charge is 0.392 e. The minimum absolute atomic E-state index is 0.0544. The topological polar surface area (TPSA) is 116 Å². The third kappa shape index (κ3) is 7.15. The summed E-state index contributed by atoms with van der Waals surface area (Å²) in [5.74, 6) is -1.69. The highest BCUT2D eigenvalue weighted by atomic mass is 16.6. The van der Waals surface area contributed by atoms with Crippen LogP contribution < -0.4 is 5.32 Å². The van der Waals surface area contributed by atoms with E-state index in [-0.39, 0.29) is 42.2 Å². The highest BCUT2D eigenvalue weighted by Crippen LogP contribution is 2.40. The molecule has 1 aliphatic rings. The van der Waals surface area contributed by atoms with E-state index < -0.39 is 29.4 Å². The van der Waals surface area contributed by atoms with Gasteiger partial charge in [0, 0.05) is 5.92 Å². The van der Waals surface area contributed by atoms with Crippen molar-refractivity contribution in [2.45, 2.75) is 98.1 Å². The molecule has 1 amide bonds. The van der Waals surface area contributed by atoms with E-state index in [9.17, 15) is 24.6 Å². The quantitative estimate of drug-likeness (QED) is 0.398. The maximum atomic E-state index is 13.0. The molecule has 0 aliphatic carbocycles. The van der Waals surface area contributed by atoms with Gasteiger partial charge in [0.25, 0.3) is 0 Å². The summed E-state index contributed by atoms with van der Waals surface area (Å²) in [6.07, 6.45) is 0.571. The van der Waals surface area contributed by atoms with Crippen LogP contribution >= 0.6 is 0 Å². The number of hydrogen-bond donors (Lipinski definition) is 3. The van der Waals surface area contributed by atoms with Crippen LogP contribution in [0, 0.1) is 17.3 Å². The molecule has 1 saturated heterocycles. The van der Waals surface area contributed by atoms with Gasteiger partial charge in [0.1, 0.15) is 11.6 Å². The molecule has 29 heavy (non-hydrogen) atoms. The Kier molecular flexibility index (Phi) is 8.99. The molecule has 0 aromatic heterocycles. The predicted octanol–water partition coefficient (Wildman–Crippen LogP) is 2.02. The zero-order chi connectivity index (χ0) is 22.6. The molecule has 1 fully saturated rings. The maximum Gasteiger partial charge on any atom is 0.223 e. The fourth-order valence-electron chi connectivity index (χ4n) is 3.70. The van der Waals surface area contributed by atoms with Gasteiger partial charge in [0.15, 0.2) is 0 Å². The Bertz CT molecular complexity index is 604. The van der Waals surface area contributed by atoms with Crippen molar-refractivity contribution in [3.8, 4) is 0 Å². The third-order valence-corrected chi connectivity index (χ3v) is 6.47. The van der Waals surface area contributed by atoms with Crippen LogP contribution in [0.15, 0.2) is 0 Å². The Hall–Kier alpha value is -1.31. The molecule has 6 unspecified atom stereocenters. The van der Waals surface area contributed by atoms with Gasteiger partial charge in [0.2, 0.25) is 5.91 Å². The number of amides is 1. The van der Waals surface area contributed by atoms with Gasteiger partial charge in [-0.2, -0.15) is 0 Å². The molecular formula is C22H39NO6. The van der Waals surface area contributed by atoms with Crippen molar-refractivity contribution < 1.29 is 29.3 Å². The number of carbonyl (C=O) groups excluding carboxylic acids is 3. The van der Waals surface area contributed by atoms with Crippen LogP contribution in [-0.4, -0.2) is 58.1 Å². The Morgan fingerprint density at radius 1 is 1.21 bits per heavy atom. The van der Waals surface area contributed by atoms with Gasteiger partial charge in [0.05, 0.1) is 42.3 Å². The average molecular weight is 414 g/mol. The Morgan fingerprint density at radius 2 is 1.76 bits per heavy atom. The monoisotopic (exact) mass is 413 g/mol. The molecule has 1 rings (SSSR count). The maximum absolute atomic E-state index is 13.0. The van der Waals surface area contributed by atoms with E-state index in [0.29, 0.717) is 0 Å². The lowest BCUT2D eigenvalue weighted by molar-refractivity contribution is -0.143. The first-order valence-electron chi connectivity index (χ1n) is 10.6. The molecule has 1 heterocycles. The second-order valence-electron chi connectivity index (χ2n) is 9.51. The fourth-order valence-corrected chi connectivity index (χ4v) is 3.70. The zero-order valence-corrected chi connectivity index (χ0v) is 18.9. The zero-order valence-electron chi connectivity index (χ0n) is 18.9. The molecule has 0 spiro atoms. The van der Waals surface area contributed by atoms with Crippen molar-refractivity contribution in [2.75, 3.05) is 6.54 Å². The lowest BCUT2D eigenvalue weighted by Crippen LogP contribution is -2.46. The lowest BCUT2D eigenvalue weighted by Gasteiger charge is -2.34. The highest BCUT2D eigenvalue weighted by Gasteiger charge is 2.48. The first-order chi connectivity index (χ1) is 13.2. The van der Waals surface area contributed by atoms with E-state index in [2.05, 4.69) is 12.2 Å². The van der Waals surface area contributed by atoms with E-state index in [4.69, 9.17) is 4.74 Å². The van der Waals surface area contributed by atoms with Gasteiger partial charge in [-0.25, -0.2) is 0 Å². The predicted molar refractivity (Wildman–Crippen MR) is 110 cm³/mol. The SMILES string of the molecule is CC(=O)CNC(=O)CC(O)C(C)(C)C(=O)C(C)C(O)C(C)CCCC1(C)OC1C. The van der Waals surface area contributed by atoms with Crippen LogP contribution in [0.2, 0.25) is 0 Å². The van der Waals surface area contributed by atoms with E-state index >= 15 is 0 Å². The second kappa shape index (κ2) is 10.1. The van der Waals surface area contributed by atoms with Gasteiger partial charge in [-0.1, -0.05) is 34.1 Å². The molecule has 7 nitrogen and oxygen atoms in total. The number of ketones is 2. The fraction of sp³-hybridized carbons (Fsp3) is 0.864. The number of aliphatic hydroxyl groups is 2.